The summed E-state index contributed by atoms with van der Waals surface area (Å²) in [6, 6.07) is 5.82. The van der Waals surface area contributed by atoms with Gasteiger partial charge in [0.05, 0.1) is 6.20 Å². The molecule has 3 rings (SSSR count). The van der Waals surface area contributed by atoms with Crippen LogP contribution in [0.5, 0.6) is 0 Å². The van der Waals surface area contributed by atoms with E-state index in [0.717, 1.165) is 36.3 Å². The zero-order valence-corrected chi connectivity index (χ0v) is 13.5. The molecule has 1 aromatic heterocycles. The Morgan fingerprint density at radius 2 is 2.22 bits per heavy atom. The maximum Gasteiger partial charge on any atom is 0.226 e. The standard InChI is InChI=1S/C18H23N3O2/c1-13-2-4-15(12-16(13)18-20-10-11-23-18)21-17(22)5-3-14-6-8-19-9-7-14/h2,4,10-12,14,19H,3,5-9H2,1H3,(H,21,22). The third-order valence-electron chi connectivity index (χ3n) is 4.42. The van der Waals surface area contributed by atoms with E-state index >= 15 is 0 Å². The Morgan fingerprint density at radius 3 is 2.96 bits per heavy atom. The second-order valence-electron chi connectivity index (χ2n) is 6.15. The number of rotatable bonds is 5. The number of carbonyl (C=O) groups excluding carboxylic acids is 1. The zero-order chi connectivity index (χ0) is 16.1. The first-order valence-corrected chi connectivity index (χ1v) is 8.23. The monoisotopic (exact) mass is 313 g/mol. The summed E-state index contributed by atoms with van der Waals surface area (Å²) in [5, 5.41) is 6.34. The molecule has 0 unspecified atom stereocenters. The summed E-state index contributed by atoms with van der Waals surface area (Å²) in [7, 11) is 0. The third-order valence-corrected chi connectivity index (χ3v) is 4.42. The Bertz CT molecular complexity index is 646. The Labute approximate surface area is 136 Å². The molecule has 2 N–H and O–H groups in total. The first kappa shape index (κ1) is 15.7. The van der Waals surface area contributed by atoms with Crippen LogP contribution in [0.2, 0.25) is 0 Å². The molecule has 1 fully saturated rings. The fourth-order valence-electron chi connectivity index (χ4n) is 3.02. The molecule has 1 aromatic carbocycles. The van der Waals surface area contributed by atoms with E-state index in [4.69, 9.17) is 4.42 Å². The summed E-state index contributed by atoms with van der Waals surface area (Å²) < 4.78 is 5.36. The van der Waals surface area contributed by atoms with Gasteiger partial charge in [-0.1, -0.05) is 6.07 Å². The normalized spacial score (nSPS) is 15.5. The number of nitrogens with zero attached hydrogens (tertiary/aromatic N) is 1. The molecule has 1 aliphatic rings. The fourth-order valence-corrected chi connectivity index (χ4v) is 3.02. The summed E-state index contributed by atoms with van der Waals surface area (Å²) in [6.07, 6.45) is 7.06. The van der Waals surface area contributed by atoms with Gasteiger partial charge >= 0.3 is 0 Å². The molecular weight excluding hydrogens is 290 g/mol. The van der Waals surface area contributed by atoms with Crippen molar-refractivity contribution in [1.29, 1.82) is 0 Å². The predicted octanol–water partition coefficient (Wildman–Crippen LogP) is 3.37. The van der Waals surface area contributed by atoms with E-state index in [1.165, 1.54) is 12.8 Å². The van der Waals surface area contributed by atoms with Crippen LogP contribution in [0, 0.1) is 12.8 Å². The SMILES string of the molecule is Cc1ccc(NC(=O)CCC2CCNCC2)cc1-c1ncco1. The second kappa shape index (κ2) is 7.42. The zero-order valence-electron chi connectivity index (χ0n) is 13.5. The van der Waals surface area contributed by atoms with Gasteiger partial charge in [-0.3, -0.25) is 4.79 Å². The molecule has 5 heteroatoms. The maximum absolute atomic E-state index is 12.2. The van der Waals surface area contributed by atoms with Crippen LogP contribution in [-0.4, -0.2) is 24.0 Å². The van der Waals surface area contributed by atoms with E-state index in [0.29, 0.717) is 18.2 Å². The van der Waals surface area contributed by atoms with Crippen molar-refractivity contribution in [3.05, 3.63) is 36.2 Å². The molecule has 0 radical (unpaired) electrons. The highest BCUT2D eigenvalue weighted by Crippen LogP contribution is 2.25. The van der Waals surface area contributed by atoms with Crippen molar-refractivity contribution in [3.63, 3.8) is 0 Å². The number of aromatic nitrogens is 1. The van der Waals surface area contributed by atoms with Crippen molar-refractivity contribution in [2.45, 2.75) is 32.6 Å². The van der Waals surface area contributed by atoms with E-state index < -0.39 is 0 Å². The molecule has 2 heterocycles. The van der Waals surface area contributed by atoms with Crippen molar-refractivity contribution >= 4 is 11.6 Å². The lowest BCUT2D eigenvalue weighted by Crippen LogP contribution is -2.28. The molecular formula is C18H23N3O2. The Kier molecular flexibility index (Phi) is 5.08. The van der Waals surface area contributed by atoms with Gasteiger partial charge in [-0.15, -0.1) is 0 Å². The summed E-state index contributed by atoms with van der Waals surface area (Å²) in [4.78, 5) is 16.4. The number of carbonyl (C=O) groups is 1. The average Bonchev–Trinajstić information content (AvgIpc) is 3.10. The number of amides is 1. The lowest BCUT2D eigenvalue weighted by Gasteiger charge is -2.22. The van der Waals surface area contributed by atoms with E-state index in [9.17, 15) is 4.79 Å². The first-order chi connectivity index (χ1) is 11.2. The number of nitrogens with one attached hydrogen (secondary N) is 2. The summed E-state index contributed by atoms with van der Waals surface area (Å²) in [5.74, 6) is 1.32. The fraction of sp³-hybridized carbons (Fsp3) is 0.444. The van der Waals surface area contributed by atoms with Gasteiger partial charge in [0.1, 0.15) is 6.26 Å². The molecule has 0 spiro atoms. The lowest BCUT2D eigenvalue weighted by atomic mass is 9.93. The number of anilines is 1. The first-order valence-electron chi connectivity index (χ1n) is 8.23. The molecule has 0 aliphatic carbocycles. The molecule has 23 heavy (non-hydrogen) atoms. The van der Waals surface area contributed by atoms with Crippen LogP contribution in [0.25, 0.3) is 11.5 Å². The smallest absolute Gasteiger partial charge is 0.226 e. The number of oxazole rings is 1. The van der Waals surface area contributed by atoms with Crippen molar-refractivity contribution in [2.75, 3.05) is 18.4 Å². The summed E-state index contributed by atoms with van der Waals surface area (Å²) in [6.45, 7) is 4.15. The second-order valence-corrected chi connectivity index (χ2v) is 6.15. The van der Waals surface area contributed by atoms with Crippen LogP contribution in [0.3, 0.4) is 0 Å². The number of aryl methyl sites for hydroxylation is 1. The van der Waals surface area contributed by atoms with Crippen LogP contribution in [-0.2, 0) is 4.79 Å². The lowest BCUT2D eigenvalue weighted by molar-refractivity contribution is -0.116. The quantitative estimate of drug-likeness (QED) is 0.888. The van der Waals surface area contributed by atoms with Crippen LogP contribution < -0.4 is 10.6 Å². The highest BCUT2D eigenvalue weighted by Gasteiger charge is 2.15. The van der Waals surface area contributed by atoms with Gasteiger partial charge in [-0.05, 0) is 62.9 Å². The molecule has 1 aliphatic heterocycles. The topological polar surface area (TPSA) is 67.2 Å². The maximum atomic E-state index is 12.2. The van der Waals surface area contributed by atoms with Crippen LogP contribution in [0.1, 0.15) is 31.2 Å². The highest BCUT2D eigenvalue weighted by atomic mass is 16.3. The van der Waals surface area contributed by atoms with E-state index in [2.05, 4.69) is 15.6 Å². The van der Waals surface area contributed by atoms with Crippen molar-refractivity contribution in [1.82, 2.24) is 10.3 Å². The van der Waals surface area contributed by atoms with Gasteiger partial charge in [0, 0.05) is 17.7 Å². The van der Waals surface area contributed by atoms with Gasteiger partial charge in [0.15, 0.2) is 0 Å². The minimum Gasteiger partial charge on any atom is -0.445 e. The molecule has 5 nitrogen and oxygen atoms in total. The molecule has 0 bridgehead atoms. The molecule has 1 amide bonds. The van der Waals surface area contributed by atoms with Gasteiger partial charge in [-0.25, -0.2) is 4.98 Å². The summed E-state index contributed by atoms with van der Waals surface area (Å²) in [5.41, 5.74) is 2.77. The number of hydrogen-bond acceptors (Lipinski definition) is 4. The van der Waals surface area contributed by atoms with Gasteiger partial charge in [0.25, 0.3) is 0 Å². The van der Waals surface area contributed by atoms with Crippen LogP contribution >= 0.6 is 0 Å². The molecule has 2 aromatic rings. The molecule has 0 saturated carbocycles. The average molecular weight is 313 g/mol. The van der Waals surface area contributed by atoms with Crippen molar-refractivity contribution in [2.24, 2.45) is 5.92 Å². The minimum atomic E-state index is 0.0748. The Morgan fingerprint density at radius 1 is 1.39 bits per heavy atom. The molecule has 122 valence electrons. The minimum absolute atomic E-state index is 0.0748. The largest absolute Gasteiger partial charge is 0.445 e. The van der Waals surface area contributed by atoms with Gasteiger partial charge in [-0.2, -0.15) is 0 Å². The Balaban J connectivity index is 1.59. The number of piperidine rings is 1. The number of hydrogen-bond donors (Lipinski definition) is 2. The van der Waals surface area contributed by atoms with Gasteiger partial charge in [0.2, 0.25) is 11.8 Å². The summed E-state index contributed by atoms with van der Waals surface area (Å²) >= 11 is 0. The van der Waals surface area contributed by atoms with E-state index in [-0.39, 0.29) is 5.91 Å². The molecule has 0 atom stereocenters. The highest BCUT2D eigenvalue weighted by molar-refractivity contribution is 5.91. The van der Waals surface area contributed by atoms with E-state index in [1.54, 1.807) is 12.5 Å². The molecule has 1 saturated heterocycles. The van der Waals surface area contributed by atoms with Crippen LogP contribution in [0.4, 0.5) is 5.69 Å². The van der Waals surface area contributed by atoms with E-state index in [1.807, 2.05) is 25.1 Å². The number of benzene rings is 1. The van der Waals surface area contributed by atoms with Crippen molar-refractivity contribution in [3.8, 4) is 11.5 Å². The van der Waals surface area contributed by atoms with Gasteiger partial charge < -0.3 is 15.1 Å². The van der Waals surface area contributed by atoms with Crippen molar-refractivity contribution < 1.29 is 9.21 Å². The Hall–Kier alpha value is -2.14. The van der Waals surface area contributed by atoms with Crippen LogP contribution in [0.15, 0.2) is 35.1 Å². The predicted molar refractivity (Wildman–Crippen MR) is 90.1 cm³/mol. The third kappa shape index (κ3) is 4.20.